The first kappa shape index (κ1) is 14.2. The zero-order chi connectivity index (χ0) is 13.7. The minimum absolute atomic E-state index is 0.262. The Morgan fingerprint density at radius 3 is 2.68 bits per heavy atom. The average Bonchev–Trinajstić information content (AvgIpc) is 2.92. The molecule has 5 heteroatoms. The van der Waals surface area contributed by atoms with E-state index in [-0.39, 0.29) is 6.61 Å². The van der Waals surface area contributed by atoms with Gasteiger partial charge in [0.25, 0.3) is 0 Å². The van der Waals surface area contributed by atoms with Gasteiger partial charge in [-0.2, -0.15) is 5.10 Å². The lowest BCUT2D eigenvalue weighted by Gasteiger charge is -2.24. The molecule has 2 heterocycles. The standard InChI is InChI=1S/C14H24N4O/c1-3-12-13(4-2)16-17-14(15-12)18-9-5-7-11(18)8-6-10-19/h11,19H,3-10H2,1-2H3. The largest absolute Gasteiger partial charge is 0.396 e. The Kier molecular flexibility index (Phi) is 5.07. The second-order valence-electron chi connectivity index (χ2n) is 5.07. The zero-order valence-electron chi connectivity index (χ0n) is 12.0. The molecule has 2 rings (SSSR count). The van der Waals surface area contributed by atoms with Crippen LogP contribution in [0.3, 0.4) is 0 Å². The van der Waals surface area contributed by atoms with Crippen molar-refractivity contribution >= 4 is 5.95 Å². The van der Waals surface area contributed by atoms with Gasteiger partial charge in [0.15, 0.2) is 0 Å². The number of anilines is 1. The molecule has 1 aliphatic rings. The highest BCUT2D eigenvalue weighted by Crippen LogP contribution is 2.25. The topological polar surface area (TPSA) is 62.1 Å². The molecule has 0 aliphatic carbocycles. The summed E-state index contributed by atoms with van der Waals surface area (Å²) in [5, 5.41) is 17.6. The number of hydrogen-bond donors (Lipinski definition) is 1. The molecule has 1 atom stereocenters. The summed E-state index contributed by atoms with van der Waals surface area (Å²) in [4.78, 5) is 6.96. The summed E-state index contributed by atoms with van der Waals surface area (Å²) in [6.45, 7) is 5.47. The van der Waals surface area contributed by atoms with E-state index in [2.05, 4.69) is 28.9 Å². The van der Waals surface area contributed by atoms with E-state index in [4.69, 9.17) is 10.1 Å². The Morgan fingerprint density at radius 1 is 1.21 bits per heavy atom. The van der Waals surface area contributed by atoms with Crippen LogP contribution in [0.25, 0.3) is 0 Å². The Morgan fingerprint density at radius 2 is 2.00 bits per heavy atom. The lowest BCUT2D eigenvalue weighted by Crippen LogP contribution is -2.31. The van der Waals surface area contributed by atoms with Crippen LogP contribution in [0.2, 0.25) is 0 Å². The van der Waals surface area contributed by atoms with Crippen LogP contribution in [0, 0.1) is 0 Å². The number of aliphatic hydroxyl groups excluding tert-OH is 1. The van der Waals surface area contributed by atoms with Gasteiger partial charge in [0.1, 0.15) is 0 Å². The number of aryl methyl sites for hydroxylation is 2. The van der Waals surface area contributed by atoms with Crippen molar-refractivity contribution in [2.75, 3.05) is 18.1 Å². The third-order valence-corrected chi connectivity index (χ3v) is 3.83. The van der Waals surface area contributed by atoms with Gasteiger partial charge in [0, 0.05) is 19.2 Å². The fraction of sp³-hybridized carbons (Fsp3) is 0.786. The maximum atomic E-state index is 8.97. The van der Waals surface area contributed by atoms with E-state index in [1.807, 2.05) is 0 Å². The van der Waals surface area contributed by atoms with Gasteiger partial charge in [0.2, 0.25) is 5.95 Å². The summed E-state index contributed by atoms with van der Waals surface area (Å²) in [5.74, 6) is 0.773. The molecule has 1 aliphatic heterocycles. The number of rotatable bonds is 6. The molecule has 0 saturated carbocycles. The van der Waals surface area contributed by atoms with Gasteiger partial charge in [-0.25, -0.2) is 4.98 Å². The first-order valence-corrected chi connectivity index (χ1v) is 7.40. The van der Waals surface area contributed by atoms with Crippen molar-refractivity contribution < 1.29 is 5.11 Å². The molecular weight excluding hydrogens is 240 g/mol. The average molecular weight is 264 g/mol. The van der Waals surface area contributed by atoms with Crippen molar-refractivity contribution in [2.24, 2.45) is 0 Å². The van der Waals surface area contributed by atoms with Crippen molar-refractivity contribution in [3.8, 4) is 0 Å². The SMILES string of the molecule is CCc1nnc(N2CCCC2CCCO)nc1CC. The third kappa shape index (κ3) is 3.21. The first-order chi connectivity index (χ1) is 9.30. The molecule has 5 nitrogen and oxygen atoms in total. The zero-order valence-corrected chi connectivity index (χ0v) is 12.0. The van der Waals surface area contributed by atoms with Gasteiger partial charge in [-0.1, -0.05) is 13.8 Å². The van der Waals surface area contributed by atoms with Crippen molar-refractivity contribution in [3.05, 3.63) is 11.4 Å². The summed E-state index contributed by atoms with van der Waals surface area (Å²) in [5.41, 5.74) is 2.08. The minimum atomic E-state index is 0.262. The molecule has 1 N–H and O–H groups in total. The van der Waals surface area contributed by atoms with Gasteiger partial charge in [-0.3, -0.25) is 0 Å². The highest BCUT2D eigenvalue weighted by Gasteiger charge is 2.26. The van der Waals surface area contributed by atoms with Crippen LogP contribution >= 0.6 is 0 Å². The van der Waals surface area contributed by atoms with Crippen LogP contribution in [-0.2, 0) is 12.8 Å². The summed E-state index contributed by atoms with van der Waals surface area (Å²) in [6.07, 6.45) is 5.99. The molecule has 1 unspecified atom stereocenters. The molecule has 0 radical (unpaired) electrons. The highest BCUT2D eigenvalue weighted by atomic mass is 16.2. The molecule has 0 bridgehead atoms. The molecule has 1 saturated heterocycles. The van der Waals surface area contributed by atoms with E-state index in [1.165, 1.54) is 12.8 Å². The van der Waals surface area contributed by atoms with Crippen molar-refractivity contribution in [2.45, 2.75) is 58.4 Å². The van der Waals surface area contributed by atoms with Crippen molar-refractivity contribution in [1.29, 1.82) is 0 Å². The number of hydrogen-bond acceptors (Lipinski definition) is 5. The molecule has 19 heavy (non-hydrogen) atoms. The molecule has 1 aromatic rings. The van der Waals surface area contributed by atoms with E-state index in [1.54, 1.807) is 0 Å². The first-order valence-electron chi connectivity index (χ1n) is 7.40. The molecule has 0 aromatic carbocycles. The summed E-state index contributed by atoms with van der Waals surface area (Å²) >= 11 is 0. The molecule has 1 fully saturated rings. The Balaban J connectivity index is 2.16. The van der Waals surface area contributed by atoms with Crippen LogP contribution in [0.15, 0.2) is 0 Å². The smallest absolute Gasteiger partial charge is 0.245 e. The second kappa shape index (κ2) is 6.80. The van der Waals surface area contributed by atoms with Crippen molar-refractivity contribution in [1.82, 2.24) is 15.2 Å². The van der Waals surface area contributed by atoms with Crippen LogP contribution < -0.4 is 4.90 Å². The lowest BCUT2D eigenvalue weighted by atomic mass is 10.1. The van der Waals surface area contributed by atoms with Gasteiger partial charge in [-0.05, 0) is 38.5 Å². The number of nitrogens with zero attached hydrogens (tertiary/aromatic N) is 4. The Bertz CT molecular complexity index is 410. The fourth-order valence-corrected chi connectivity index (χ4v) is 2.78. The van der Waals surface area contributed by atoms with Gasteiger partial charge < -0.3 is 10.0 Å². The number of aromatic nitrogens is 3. The van der Waals surface area contributed by atoms with E-state index >= 15 is 0 Å². The van der Waals surface area contributed by atoms with E-state index in [0.717, 1.165) is 49.6 Å². The molecular formula is C14H24N4O. The van der Waals surface area contributed by atoms with Crippen LogP contribution in [0.1, 0.15) is 50.9 Å². The molecule has 0 amide bonds. The van der Waals surface area contributed by atoms with Crippen molar-refractivity contribution in [3.63, 3.8) is 0 Å². The predicted molar refractivity (Wildman–Crippen MR) is 75.3 cm³/mol. The van der Waals surface area contributed by atoms with Gasteiger partial charge in [-0.15, -0.1) is 5.10 Å². The molecule has 0 spiro atoms. The second-order valence-corrected chi connectivity index (χ2v) is 5.07. The normalized spacial score (nSPS) is 19.1. The van der Waals surface area contributed by atoms with E-state index in [9.17, 15) is 0 Å². The van der Waals surface area contributed by atoms with Crippen LogP contribution in [0.4, 0.5) is 5.95 Å². The molecule has 1 aromatic heterocycles. The maximum Gasteiger partial charge on any atom is 0.245 e. The van der Waals surface area contributed by atoms with Crippen LogP contribution in [0.5, 0.6) is 0 Å². The Hall–Kier alpha value is -1.23. The molecule has 106 valence electrons. The van der Waals surface area contributed by atoms with Crippen LogP contribution in [-0.4, -0.2) is 39.5 Å². The van der Waals surface area contributed by atoms with Gasteiger partial charge in [0.05, 0.1) is 11.4 Å². The quantitative estimate of drug-likeness (QED) is 0.848. The summed E-state index contributed by atoms with van der Waals surface area (Å²) < 4.78 is 0. The summed E-state index contributed by atoms with van der Waals surface area (Å²) in [7, 11) is 0. The monoisotopic (exact) mass is 264 g/mol. The summed E-state index contributed by atoms with van der Waals surface area (Å²) in [6, 6.07) is 0.464. The third-order valence-electron chi connectivity index (χ3n) is 3.83. The minimum Gasteiger partial charge on any atom is -0.396 e. The fourth-order valence-electron chi connectivity index (χ4n) is 2.78. The van der Waals surface area contributed by atoms with E-state index < -0.39 is 0 Å². The Labute approximate surface area is 115 Å². The predicted octanol–water partition coefficient (Wildman–Crippen LogP) is 1.74. The van der Waals surface area contributed by atoms with Gasteiger partial charge >= 0.3 is 0 Å². The maximum absolute atomic E-state index is 8.97. The highest BCUT2D eigenvalue weighted by molar-refractivity contribution is 5.33. The number of aliphatic hydroxyl groups is 1. The van der Waals surface area contributed by atoms with E-state index in [0.29, 0.717) is 6.04 Å². The lowest BCUT2D eigenvalue weighted by molar-refractivity contribution is 0.279.